The van der Waals surface area contributed by atoms with E-state index in [9.17, 15) is 15.0 Å². The van der Waals surface area contributed by atoms with Crippen LogP contribution < -0.4 is 0 Å². The van der Waals surface area contributed by atoms with Gasteiger partial charge in [-0.1, -0.05) is 0 Å². The van der Waals surface area contributed by atoms with E-state index in [1.54, 1.807) is 25.9 Å². The Balaban J connectivity index is 2.55. The third-order valence-corrected chi connectivity index (χ3v) is 2.63. The number of likely N-dealkylation sites (N-methyl/N-ethyl adjacent to an activating group) is 1. The fourth-order valence-electron chi connectivity index (χ4n) is 1.64. The molecular weight excluding hydrogens is 184 g/mol. The summed E-state index contributed by atoms with van der Waals surface area (Å²) in [4.78, 5) is 14.9. The third kappa shape index (κ3) is 2.23. The first-order valence-electron chi connectivity index (χ1n) is 4.75. The summed E-state index contributed by atoms with van der Waals surface area (Å²) in [6, 6.07) is -0.281. The zero-order chi connectivity index (χ0) is 10.9. The number of carbonyl (C=O) groups is 1. The summed E-state index contributed by atoms with van der Waals surface area (Å²) in [6.45, 7) is 2.51. The largest absolute Gasteiger partial charge is 0.389 e. The molecule has 0 aromatic carbocycles. The quantitative estimate of drug-likeness (QED) is 0.572. The van der Waals surface area contributed by atoms with Gasteiger partial charge in [0.25, 0.3) is 0 Å². The van der Waals surface area contributed by atoms with E-state index in [1.807, 2.05) is 0 Å². The van der Waals surface area contributed by atoms with Gasteiger partial charge in [-0.05, 0) is 6.92 Å². The topological polar surface area (TPSA) is 64.0 Å². The number of hydrogen-bond donors (Lipinski definition) is 2. The van der Waals surface area contributed by atoms with Crippen LogP contribution in [0.3, 0.4) is 0 Å². The summed E-state index contributed by atoms with van der Waals surface area (Å²) in [5.74, 6) is -0.00806. The van der Waals surface area contributed by atoms with E-state index >= 15 is 0 Å². The smallest absolute Gasteiger partial charge is 0.239 e. The highest BCUT2D eigenvalue weighted by atomic mass is 16.3. The number of aliphatic hydroxyl groups is 2. The van der Waals surface area contributed by atoms with Gasteiger partial charge in [-0.3, -0.25) is 9.69 Å². The van der Waals surface area contributed by atoms with Crippen LogP contribution in [-0.2, 0) is 4.79 Å². The normalized spacial score (nSPS) is 30.4. The van der Waals surface area contributed by atoms with Gasteiger partial charge in [0.15, 0.2) is 0 Å². The van der Waals surface area contributed by atoms with Crippen molar-refractivity contribution in [2.24, 2.45) is 0 Å². The molecule has 1 heterocycles. The molecule has 82 valence electrons. The molecular formula is C9H18N2O3. The number of amides is 1. The molecule has 1 fully saturated rings. The minimum Gasteiger partial charge on any atom is -0.389 e. The van der Waals surface area contributed by atoms with Crippen LogP contribution in [0, 0.1) is 0 Å². The molecule has 1 amide bonds. The summed E-state index contributed by atoms with van der Waals surface area (Å²) >= 11 is 0. The molecule has 14 heavy (non-hydrogen) atoms. The molecule has 5 nitrogen and oxygen atoms in total. The fourth-order valence-corrected chi connectivity index (χ4v) is 1.64. The summed E-state index contributed by atoms with van der Waals surface area (Å²) < 4.78 is 0. The predicted octanol–water partition coefficient (Wildman–Crippen LogP) is -1.50. The number of rotatable bonds is 2. The first-order valence-corrected chi connectivity index (χ1v) is 4.75. The van der Waals surface area contributed by atoms with Crippen molar-refractivity contribution in [3.8, 4) is 0 Å². The maximum Gasteiger partial charge on any atom is 0.239 e. The van der Waals surface area contributed by atoms with Crippen LogP contribution in [-0.4, -0.2) is 71.4 Å². The van der Waals surface area contributed by atoms with Crippen molar-refractivity contribution in [2.45, 2.75) is 25.2 Å². The van der Waals surface area contributed by atoms with E-state index in [0.717, 1.165) is 0 Å². The predicted molar refractivity (Wildman–Crippen MR) is 51.7 cm³/mol. The molecule has 0 aromatic heterocycles. The first-order chi connectivity index (χ1) is 6.43. The van der Waals surface area contributed by atoms with Crippen molar-refractivity contribution < 1.29 is 15.0 Å². The number of β-amino-alcohol motifs (C(OH)–C–C–N with tert-alkyl or cyclic N) is 2. The Morgan fingerprint density at radius 2 is 1.79 bits per heavy atom. The Bertz CT molecular complexity index is 210. The average Bonchev–Trinajstić information content (AvgIpc) is 2.44. The molecule has 1 aliphatic heterocycles. The number of likely N-dealkylation sites (tertiary alicyclic amines) is 1. The van der Waals surface area contributed by atoms with E-state index in [0.29, 0.717) is 13.1 Å². The second kappa shape index (κ2) is 4.25. The third-order valence-electron chi connectivity index (χ3n) is 2.63. The molecule has 0 saturated carbocycles. The molecule has 0 radical (unpaired) electrons. The van der Waals surface area contributed by atoms with Crippen LogP contribution in [0.25, 0.3) is 0 Å². The van der Waals surface area contributed by atoms with Gasteiger partial charge in [0, 0.05) is 27.2 Å². The Kier molecular flexibility index (Phi) is 3.47. The van der Waals surface area contributed by atoms with E-state index < -0.39 is 12.2 Å². The number of aliphatic hydroxyl groups excluding tert-OH is 2. The van der Waals surface area contributed by atoms with Crippen molar-refractivity contribution >= 4 is 5.91 Å². The standard InChI is InChI=1S/C9H18N2O3/c1-6(9(14)10(2)3)11-4-7(12)8(13)5-11/h6-8,12-13H,4-5H2,1-3H3. The van der Waals surface area contributed by atoms with Crippen molar-refractivity contribution in [1.29, 1.82) is 0 Å². The highest BCUT2D eigenvalue weighted by molar-refractivity contribution is 5.81. The van der Waals surface area contributed by atoms with Gasteiger partial charge in [0.1, 0.15) is 0 Å². The lowest BCUT2D eigenvalue weighted by molar-refractivity contribution is -0.133. The molecule has 0 bridgehead atoms. The molecule has 0 spiro atoms. The zero-order valence-electron chi connectivity index (χ0n) is 8.84. The Morgan fingerprint density at radius 3 is 2.14 bits per heavy atom. The molecule has 1 saturated heterocycles. The van der Waals surface area contributed by atoms with Crippen LogP contribution in [0.5, 0.6) is 0 Å². The Labute approximate surface area is 83.9 Å². The lowest BCUT2D eigenvalue weighted by Gasteiger charge is -2.25. The van der Waals surface area contributed by atoms with Crippen LogP contribution in [0.2, 0.25) is 0 Å². The average molecular weight is 202 g/mol. The monoisotopic (exact) mass is 202 g/mol. The second-order valence-electron chi connectivity index (χ2n) is 4.00. The molecule has 5 heteroatoms. The van der Waals surface area contributed by atoms with Gasteiger partial charge in [-0.15, -0.1) is 0 Å². The van der Waals surface area contributed by atoms with Gasteiger partial charge in [-0.25, -0.2) is 0 Å². The van der Waals surface area contributed by atoms with Crippen LogP contribution >= 0.6 is 0 Å². The van der Waals surface area contributed by atoms with Crippen LogP contribution in [0.4, 0.5) is 0 Å². The van der Waals surface area contributed by atoms with Crippen molar-refractivity contribution in [1.82, 2.24) is 9.80 Å². The zero-order valence-corrected chi connectivity index (χ0v) is 8.84. The van der Waals surface area contributed by atoms with Gasteiger partial charge in [0.2, 0.25) is 5.91 Å². The molecule has 0 aliphatic carbocycles. The molecule has 3 atom stereocenters. The van der Waals surface area contributed by atoms with Crippen LogP contribution in [0.1, 0.15) is 6.92 Å². The van der Waals surface area contributed by atoms with E-state index in [4.69, 9.17) is 0 Å². The number of nitrogens with zero attached hydrogens (tertiary/aromatic N) is 2. The molecule has 0 aromatic rings. The maximum absolute atomic E-state index is 11.6. The SMILES string of the molecule is CC(C(=O)N(C)C)N1CC(O)C(O)C1. The van der Waals surface area contributed by atoms with E-state index in [2.05, 4.69) is 0 Å². The summed E-state index contributed by atoms with van der Waals surface area (Å²) in [7, 11) is 3.39. The molecule has 2 N–H and O–H groups in total. The van der Waals surface area contributed by atoms with E-state index in [1.165, 1.54) is 4.90 Å². The van der Waals surface area contributed by atoms with Gasteiger partial charge < -0.3 is 15.1 Å². The first kappa shape index (κ1) is 11.4. The van der Waals surface area contributed by atoms with Gasteiger partial charge in [0.05, 0.1) is 18.2 Å². The minimum atomic E-state index is -0.729. The highest BCUT2D eigenvalue weighted by Crippen LogP contribution is 2.14. The van der Waals surface area contributed by atoms with E-state index in [-0.39, 0.29) is 11.9 Å². The second-order valence-corrected chi connectivity index (χ2v) is 4.00. The maximum atomic E-state index is 11.6. The Hall–Kier alpha value is -0.650. The van der Waals surface area contributed by atoms with Crippen molar-refractivity contribution in [3.63, 3.8) is 0 Å². The summed E-state index contributed by atoms with van der Waals surface area (Å²) in [5, 5.41) is 18.6. The number of carbonyl (C=O) groups excluding carboxylic acids is 1. The summed E-state index contributed by atoms with van der Waals surface area (Å²) in [6.07, 6.45) is -1.46. The molecule has 3 unspecified atom stereocenters. The molecule has 1 rings (SSSR count). The Morgan fingerprint density at radius 1 is 1.36 bits per heavy atom. The van der Waals surface area contributed by atoms with Gasteiger partial charge in [-0.2, -0.15) is 0 Å². The lowest BCUT2D eigenvalue weighted by atomic mass is 10.2. The number of hydrogen-bond acceptors (Lipinski definition) is 4. The van der Waals surface area contributed by atoms with Crippen molar-refractivity contribution in [3.05, 3.63) is 0 Å². The lowest BCUT2D eigenvalue weighted by Crippen LogP contribution is -2.44. The minimum absolute atomic E-state index is 0.00806. The van der Waals surface area contributed by atoms with Crippen molar-refractivity contribution in [2.75, 3.05) is 27.2 Å². The molecule has 1 aliphatic rings. The van der Waals surface area contributed by atoms with Crippen LogP contribution in [0.15, 0.2) is 0 Å². The fraction of sp³-hybridized carbons (Fsp3) is 0.889. The summed E-state index contributed by atoms with van der Waals surface area (Å²) in [5.41, 5.74) is 0. The highest BCUT2D eigenvalue weighted by Gasteiger charge is 2.34. The van der Waals surface area contributed by atoms with Gasteiger partial charge >= 0.3 is 0 Å².